The van der Waals surface area contributed by atoms with Crippen molar-refractivity contribution in [2.45, 2.75) is 44.4 Å². The van der Waals surface area contributed by atoms with Crippen LogP contribution in [-0.2, 0) is 15.4 Å². The molecule has 26 heavy (non-hydrogen) atoms. The molecule has 2 rings (SSSR count). The molecule has 0 heterocycles. The van der Waals surface area contributed by atoms with Crippen LogP contribution in [-0.4, -0.2) is 20.9 Å². The van der Waals surface area contributed by atoms with Gasteiger partial charge in [-0.15, -0.1) is 0 Å². The number of amides is 1. The van der Waals surface area contributed by atoms with Gasteiger partial charge in [-0.2, -0.15) is 0 Å². The molecule has 0 spiro atoms. The molecule has 0 aliphatic heterocycles. The van der Waals surface area contributed by atoms with Crippen molar-refractivity contribution in [2.75, 3.05) is 11.3 Å². The van der Waals surface area contributed by atoms with Gasteiger partial charge < -0.3 is 5.32 Å². The maximum absolute atomic E-state index is 12.7. The van der Waals surface area contributed by atoms with E-state index in [2.05, 4.69) is 10.0 Å². The molecule has 0 atom stereocenters. The summed E-state index contributed by atoms with van der Waals surface area (Å²) < 4.78 is 28.1. The van der Waals surface area contributed by atoms with Crippen molar-refractivity contribution in [3.8, 4) is 0 Å². The Hall–Kier alpha value is -2.34. The molecule has 2 N–H and O–H groups in total. The number of para-hydroxylation sites is 1. The first kappa shape index (κ1) is 20.0. The number of benzene rings is 2. The Morgan fingerprint density at radius 1 is 1.00 bits per heavy atom. The van der Waals surface area contributed by atoms with Crippen molar-refractivity contribution >= 4 is 21.6 Å². The quantitative estimate of drug-likeness (QED) is 0.804. The van der Waals surface area contributed by atoms with E-state index in [0.29, 0.717) is 17.8 Å². The van der Waals surface area contributed by atoms with Crippen molar-refractivity contribution < 1.29 is 13.2 Å². The lowest BCUT2D eigenvalue weighted by Gasteiger charge is -2.23. The number of carbonyl (C=O) groups is 1. The fourth-order valence-electron chi connectivity index (χ4n) is 2.56. The van der Waals surface area contributed by atoms with E-state index in [-0.39, 0.29) is 16.2 Å². The predicted octanol–water partition coefficient (Wildman–Crippen LogP) is 3.92. The summed E-state index contributed by atoms with van der Waals surface area (Å²) in [5, 5.41) is 2.77. The van der Waals surface area contributed by atoms with Crippen LogP contribution in [0.5, 0.6) is 0 Å². The average Bonchev–Trinajstić information content (AvgIpc) is 2.59. The van der Waals surface area contributed by atoms with Gasteiger partial charge in [-0.3, -0.25) is 9.52 Å². The topological polar surface area (TPSA) is 75.3 Å². The lowest BCUT2D eigenvalue weighted by atomic mass is 9.86. The Morgan fingerprint density at radius 2 is 1.62 bits per heavy atom. The number of anilines is 1. The number of hydrogen-bond donors (Lipinski definition) is 2. The summed E-state index contributed by atoms with van der Waals surface area (Å²) in [5.74, 6) is -0.207. The summed E-state index contributed by atoms with van der Waals surface area (Å²) in [5.41, 5.74) is 1.72. The zero-order chi connectivity index (χ0) is 19.4. The second kappa shape index (κ2) is 7.91. The van der Waals surface area contributed by atoms with E-state index in [1.165, 1.54) is 24.3 Å². The van der Waals surface area contributed by atoms with Crippen LogP contribution in [0.3, 0.4) is 0 Å². The third kappa shape index (κ3) is 4.85. The molecule has 0 aliphatic rings. The first-order valence-corrected chi connectivity index (χ1v) is 10.1. The number of hydrogen-bond acceptors (Lipinski definition) is 3. The summed E-state index contributed by atoms with van der Waals surface area (Å²) in [6, 6.07) is 13.3. The monoisotopic (exact) mass is 374 g/mol. The molecule has 0 fully saturated rings. The van der Waals surface area contributed by atoms with Crippen molar-refractivity contribution in [3.63, 3.8) is 0 Å². The van der Waals surface area contributed by atoms with Gasteiger partial charge in [-0.05, 0) is 47.7 Å². The Morgan fingerprint density at radius 3 is 2.19 bits per heavy atom. The molecule has 0 saturated heterocycles. The van der Waals surface area contributed by atoms with E-state index in [4.69, 9.17) is 0 Å². The molecular formula is C20H26N2O3S. The van der Waals surface area contributed by atoms with E-state index in [9.17, 15) is 13.2 Å². The Balaban J connectivity index is 2.25. The van der Waals surface area contributed by atoms with Crippen LogP contribution in [0.25, 0.3) is 0 Å². The zero-order valence-electron chi connectivity index (χ0n) is 15.7. The van der Waals surface area contributed by atoms with Crippen LogP contribution in [0.15, 0.2) is 53.4 Å². The summed E-state index contributed by atoms with van der Waals surface area (Å²) in [7, 11) is -3.74. The number of sulfonamides is 1. The summed E-state index contributed by atoms with van der Waals surface area (Å²) in [4.78, 5) is 12.1. The van der Waals surface area contributed by atoms with E-state index in [1.54, 1.807) is 12.1 Å². The molecule has 0 bridgehead atoms. The van der Waals surface area contributed by atoms with Crippen LogP contribution in [0.1, 0.15) is 50.0 Å². The van der Waals surface area contributed by atoms with Crippen LogP contribution in [0.2, 0.25) is 0 Å². The highest BCUT2D eigenvalue weighted by atomic mass is 32.2. The highest BCUT2D eigenvalue weighted by molar-refractivity contribution is 7.92. The van der Waals surface area contributed by atoms with E-state index < -0.39 is 10.0 Å². The van der Waals surface area contributed by atoms with Crippen LogP contribution >= 0.6 is 0 Å². The molecule has 0 aliphatic carbocycles. The Labute approximate surface area is 155 Å². The fraction of sp³-hybridized carbons (Fsp3) is 0.350. The lowest BCUT2D eigenvalue weighted by Crippen LogP contribution is -2.24. The van der Waals surface area contributed by atoms with Crippen molar-refractivity contribution in [3.05, 3.63) is 59.7 Å². The maximum Gasteiger partial charge on any atom is 0.261 e. The van der Waals surface area contributed by atoms with Gasteiger partial charge in [0.05, 0.1) is 10.6 Å². The highest BCUT2D eigenvalue weighted by Gasteiger charge is 2.21. The third-order valence-corrected chi connectivity index (χ3v) is 5.32. The van der Waals surface area contributed by atoms with Crippen LogP contribution < -0.4 is 10.0 Å². The van der Waals surface area contributed by atoms with Gasteiger partial charge in [-0.25, -0.2) is 8.42 Å². The third-order valence-electron chi connectivity index (χ3n) is 3.94. The van der Waals surface area contributed by atoms with Crippen LogP contribution in [0.4, 0.5) is 5.69 Å². The molecule has 140 valence electrons. The standard InChI is InChI=1S/C20H26N2O3S/c1-5-14-21-19(23)15-10-12-16(13-11-15)26(24,25)22-18-9-7-6-8-17(18)20(2,3)4/h6-13,22H,5,14H2,1-4H3,(H,21,23). The molecule has 0 aromatic heterocycles. The molecule has 0 radical (unpaired) electrons. The predicted molar refractivity (Wildman–Crippen MR) is 105 cm³/mol. The van der Waals surface area contributed by atoms with Gasteiger partial charge >= 0.3 is 0 Å². The Bertz CT molecular complexity index is 867. The van der Waals surface area contributed by atoms with Crippen molar-refractivity contribution in [1.29, 1.82) is 0 Å². The number of nitrogens with one attached hydrogen (secondary N) is 2. The fourth-order valence-corrected chi connectivity index (χ4v) is 3.64. The van der Waals surface area contributed by atoms with Crippen molar-refractivity contribution in [2.24, 2.45) is 0 Å². The lowest BCUT2D eigenvalue weighted by molar-refractivity contribution is 0.0953. The molecule has 0 saturated carbocycles. The number of carbonyl (C=O) groups excluding carboxylic acids is 1. The molecular weight excluding hydrogens is 348 g/mol. The van der Waals surface area contributed by atoms with E-state index >= 15 is 0 Å². The maximum atomic E-state index is 12.7. The molecule has 0 unspecified atom stereocenters. The summed E-state index contributed by atoms with van der Waals surface area (Å²) in [6.45, 7) is 8.65. The SMILES string of the molecule is CCCNC(=O)c1ccc(S(=O)(=O)Nc2ccccc2C(C)(C)C)cc1. The highest BCUT2D eigenvalue weighted by Crippen LogP contribution is 2.30. The summed E-state index contributed by atoms with van der Waals surface area (Å²) >= 11 is 0. The van der Waals surface area contributed by atoms with Gasteiger partial charge in [0.15, 0.2) is 0 Å². The zero-order valence-corrected chi connectivity index (χ0v) is 16.5. The van der Waals surface area contributed by atoms with Gasteiger partial charge in [0.25, 0.3) is 15.9 Å². The van der Waals surface area contributed by atoms with Gasteiger partial charge in [0.2, 0.25) is 0 Å². The molecule has 5 nitrogen and oxygen atoms in total. The van der Waals surface area contributed by atoms with Gasteiger partial charge in [0, 0.05) is 12.1 Å². The second-order valence-electron chi connectivity index (χ2n) is 7.18. The minimum Gasteiger partial charge on any atom is -0.352 e. The summed E-state index contributed by atoms with van der Waals surface area (Å²) in [6.07, 6.45) is 0.843. The second-order valence-corrected chi connectivity index (χ2v) is 8.86. The minimum atomic E-state index is -3.74. The van der Waals surface area contributed by atoms with Crippen LogP contribution in [0, 0.1) is 0 Å². The number of rotatable bonds is 6. The smallest absolute Gasteiger partial charge is 0.261 e. The first-order valence-electron chi connectivity index (χ1n) is 8.66. The van der Waals surface area contributed by atoms with Gasteiger partial charge in [0.1, 0.15) is 0 Å². The molecule has 6 heteroatoms. The minimum absolute atomic E-state index is 0.119. The largest absolute Gasteiger partial charge is 0.352 e. The molecule has 2 aromatic carbocycles. The average molecular weight is 375 g/mol. The van der Waals surface area contributed by atoms with Crippen molar-refractivity contribution in [1.82, 2.24) is 5.32 Å². The molecule has 1 amide bonds. The normalized spacial score (nSPS) is 11.8. The molecule has 2 aromatic rings. The van der Waals surface area contributed by atoms with E-state index in [0.717, 1.165) is 12.0 Å². The Kier molecular flexibility index (Phi) is 6.08. The van der Waals surface area contributed by atoms with Gasteiger partial charge in [-0.1, -0.05) is 45.9 Å². The first-order chi connectivity index (χ1) is 12.1. The van der Waals surface area contributed by atoms with E-state index in [1.807, 2.05) is 39.8 Å².